The summed E-state index contributed by atoms with van der Waals surface area (Å²) in [6.45, 7) is 5.62. The smallest absolute Gasteiger partial charge is 0.307 e. The highest BCUT2D eigenvalue weighted by Gasteiger charge is 2.31. The predicted octanol–water partition coefficient (Wildman–Crippen LogP) is 3.40. The van der Waals surface area contributed by atoms with Crippen LogP contribution in [-0.2, 0) is 21.9 Å². The molecule has 3 aromatic rings. The Morgan fingerprint density at radius 2 is 1.87 bits per heavy atom. The largest absolute Gasteiger partial charge is 0.324 e. The first-order valence-electron chi connectivity index (χ1n) is 9.50. The molecule has 9 heteroatoms. The van der Waals surface area contributed by atoms with Gasteiger partial charge in [0, 0.05) is 12.7 Å². The average molecular weight is 448 g/mol. The molecule has 0 radical (unpaired) electrons. The van der Waals surface area contributed by atoms with E-state index in [-0.39, 0.29) is 4.87 Å². The lowest BCUT2D eigenvalue weighted by Gasteiger charge is -2.30. The van der Waals surface area contributed by atoms with Crippen molar-refractivity contribution in [2.45, 2.75) is 33.2 Å². The number of benzene rings is 2. The fourth-order valence-corrected chi connectivity index (χ4v) is 5.48. The summed E-state index contributed by atoms with van der Waals surface area (Å²) in [5, 5.41) is 2.81. The number of hydrogen-bond acceptors (Lipinski definition) is 5. The fraction of sp³-hybridized carbons (Fsp3) is 0.333. The third-order valence-electron chi connectivity index (χ3n) is 5.13. The molecule has 1 amide bonds. The summed E-state index contributed by atoms with van der Waals surface area (Å²) in [5.74, 6) is -0.427. The highest BCUT2D eigenvalue weighted by Crippen LogP contribution is 2.26. The SMILES string of the molecule is CC[C@@H](C(=O)Nc1ccc2c(c1)sc(=O)n2C)N(c1ccc(C)c(C)c1)S(C)(=O)=O. The Hall–Kier alpha value is -2.65. The van der Waals surface area contributed by atoms with Gasteiger partial charge in [0.1, 0.15) is 6.04 Å². The van der Waals surface area contributed by atoms with Crippen molar-refractivity contribution in [2.75, 3.05) is 15.9 Å². The van der Waals surface area contributed by atoms with E-state index < -0.39 is 22.0 Å². The Morgan fingerprint density at radius 1 is 1.17 bits per heavy atom. The summed E-state index contributed by atoms with van der Waals surface area (Å²) in [7, 11) is -2.01. The molecule has 1 atom stereocenters. The number of amides is 1. The average Bonchev–Trinajstić information content (AvgIpc) is 2.94. The first-order valence-corrected chi connectivity index (χ1v) is 12.2. The standard InChI is InChI=1S/C21H25N3O4S2/c1-6-17(24(30(5,27)28)16-9-7-13(2)14(3)11-16)20(25)22-15-8-10-18-19(12-15)29-21(26)23(18)4/h7-12,17H,6H2,1-5H3,(H,22,25)/t17-/m0/s1. The first kappa shape index (κ1) is 22.0. The molecular weight excluding hydrogens is 422 g/mol. The van der Waals surface area contributed by atoms with Crippen LogP contribution < -0.4 is 14.5 Å². The minimum Gasteiger partial charge on any atom is -0.324 e. The number of hydrogen-bond donors (Lipinski definition) is 1. The quantitative estimate of drug-likeness (QED) is 0.627. The molecule has 160 valence electrons. The van der Waals surface area contributed by atoms with Gasteiger partial charge in [0.25, 0.3) is 0 Å². The number of fused-ring (bicyclic) bond motifs is 1. The lowest BCUT2D eigenvalue weighted by Crippen LogP contribution is -2.47. The molecule has 0 spiro atoms. The number of anilines is 2. The van der Waals surface area contributed by atoms with Gasteiger partial charge in [-0.1, -0.05) is 24.3 Å². The molecule has 1 N–H and O–H groups in total. The first-order chi connectivity index (χ1) is 14.0. The maximum absolute atomic E-state index is 13.1. The number of sulfonamides is 1. The normalized spacial score (nSPS) is 12.7. The van der Waals surface area contributed by atoms with Crippen molar-refractivity contribution < 1.29 is 13.2 Å². The van der Waals surface area contributed by atoms with Gasteiger partial charge in [-0.15, -0.1) is 0 Å². The monoisotopic (exact) mass is 447 g/mol. The van der Waals surface area contributed by atoms with Crippen molar-refractivity contribution in [3.05, 3.63) is 57.2 Å². The van der Waals surface area contributed by atoms with E-state index in [0.717, 1.165) is 38.9 Å². The van der Waals surface area contributed by atoms with Gasteiger partial charge >= 0.3 is 4.87 Å². The number of aromatic nitrogens is 1. The van der Waals surface area contributed by atoms with Crippen LogP contribution in [-0.4, -0.2) is 31.2 Å². The van der Waals surface area contributed by atoms with E-state index in [2.05, 4.69) is 5.32 Å². The van der Waals surface area contributed by atoms with Crippen LogP contribution in [0.25, 0.3) is 10.2 Å². The van der Waals surface area contributed by atoms with Gasteiger partial charge < -0.3 is 9.88 Å². The Labute approximate surface area is 180 Å². The Bertz CT molecular complexity index is 1280. The van der Waals surface area contributed by atoms with Crippen molar-refractivity contribution in [1.29, 1.82) is 0 Å². The van der Waals surface area contributed by atoms with Gasteiger partial charge in [-0.25, -0.2) is 8.42 Å². The van der Waals surface area contributed by atoms with Crippen molar-refractivity contribution in [1.82, 2.24) is 4.57 Å². The second-order valence-electron chi connectivity index (χ2n) is 7.35. The van der Waals surface area contributed by atoms with Crippen LogP contribution in [0.2, 0.25) is 0 Å². The molecule has 0 aliphatic rings. The molecule has 3 rings (SSSR count). The molecule has 0 saturated carbocycles. The number of aryl methyl sites for hydroxylation is 3. The molecule has 7 nitrogen and oxygen atoms in total. The third kappa shape index (κ3) is 4.27. The van der Waals surface area contributed by atoms with Crippen molar-refractivity contribution in [3.63, 3.8) is 0 Å². The second kappa shape index (κ2) is 8.23. The second-order valence-corrected chi connectivity index (χ2v) is 10.2. The van der Waals surface area contributed by atoms with E-state index in [1.165, 1.54) is 4.31 Å². The molecule has 1 aromatic heterocycles. The number of carbonyl (C=O) groups excluding carboxylic acids is 1. The van der Waals surface area contributed by atoms with Gasteiger partial charge in [-0.2, -0.15) is 0 Å². The van der Waals surface area contributed by atoms with Crippen molar-refractivity contribution >= 4 is 48.9 Å². The lowest BCUT2D eigenvalue weighted by molar-refractivity contribution is -0.117. The van der Waals surface area contributed by atoms with E-state index in [4.69, 9.17) is 0 Å². The summed E-state index contributed by atoms with van der Waals surface area (Å²) in [5.41, 5.74) is 3.74. The maximum atomic E-state index is 13.1. The summed E-state index contributed by atoms with van der Waals surface area (Å²) >= 11 is 1.09. The van der Waals surface area contributed by atoms with Crippen molar-refractivity contribution in [2.24, 2.45) is 7.05 Å². The molecule has 1 heterocycles. The summed E-state index contributed by atoms with van der Waals surface area (Å²) in [6, 6.07) is 9.63. The third-order valence-corrected chi connectivity index (χ3v) is 7.31. The van der Waals surface area contributed by atoms with Crippen LogP contribution in [0.15, 0.2) is 41.2 Å². The molecule has 0 fully saturated rings. The number of rotatable bonds is 6. The molecule has 0 saturated heterocycles. The zero-order valence-electron chi connectivity index (χ0n) is 17.6. The van der Waals surface area contributed by atoms with E-state index in [0.29, 0.717) is 17.8 Å². The van der Waals surface area contributed by atoms with E-state index in [9.17, 15) is 18.0 Å². The van der Waals surface area contributed by atoms with Gasteiger partial charge in [0.2, 0.25) is 15.9 Å². The van der Waals surface area contributed by atoms with E-state index >= 15 is 0 Å². The van der Waals surface area contributed by atoms with Crippen LogP contribution in [0.1, 0.15) is 24.5 Å². The van der Waals surface area contributed by atoms with Crippen LogP contribution in [0, 0.1) is 13.8 Å². The molecule has 2 aromatic carbocycles. The van der Waals surface area contributed by atoms with Gasteiger partial charge in [0.15, 0.2) is 0 Å². The molecule has 30 heavy (non-hydrogen) atoms. The zero-order valence-corrected chi connectivity index (χ0v) is 19.2. The van der Waals surface area contributed by atoms with Crippen LogP contribution in [0.3, 0.4) is 0 Å². The summed E-state index contributed by atoms with van der Waals surface area (Å²) in [6.07, 6.45) is 1.40. The number of carbonyl (C=O) groups is 1. The highest BCUT2D eigenvalue weighted by molar-refractivity contribution is 7.92. The molecule has 0 aliphatic heterocycles. The van der Waals surface area contributed by atoms with Crippen molar-refractivity contribution in [3.8, 4) is 0 Å². The number of nitrogens with zero attached hydrogens (tertiary/aromatic N) is 2. The Morgan fingerprint density at radius 3 is 2.47 bits per heavy atom. The predicted molar refractivity (Wildman–Crippen MR) is 123 cm³/mol. The molecular formula is C21H25N3O4S2. The van der Waals surface area contributed by atoms with E-state index in [1.807, 2.05) is 19.9 Å². The number of thiazole rings is 1. The minimum atomic E-state index is -3.70. The van der Waals surface area contributed by atoms with Gasteiger partial charge in [-0.05, 0) is 61.7 Å². The summed E-state index contributed by atoms with van der Waals surface area (Å²) < 4.78 is 28.7. The van der Waals surface area contributed by atoms with Gasteiger partial charge in [-0.3, -0.25) is 13.9 Å². The molecule has 0 unspecified atom stereocenters. The number of nitrogens with one attached hydrogen (secondary N) is 1. The summed E-state index contributed by atoms with van der Waals surface area (Å²) in [4.78, 5) is 24.9. The van der Waals surface area contributed by atoms with E-state index in [1.54, 1.807) is 48.9 Å². The molecule has 0 bridgehead atoms. The minimum absolute atomic E-state index is 0.0853. The highest BCUT2D eigenvalue weighted by atomic mass is 32.2. The lowest BCUT2D eigenvalue weighted by atomic mass is 10.1. The topological polar surface area (TPSA) is 88.5 Å². The van der Waals surface area contributed by atoms with Crippen LogP contribution in [0.5, 0.6) is 0 Å². The fourth-order valence-electron chi connectivity index (χ4n) is 3.36. The Balaban J connectivity index is 1.96. The molecule has 0 aliphatic carbocycles. The van der Waals surface area contributed by atoms with Crippen LogP contribution >= 0.6 is 11.3 Å². The zero-order chi connectivity index (χ0) is 22.2. The Kier molecular flexibility index (Phi) is 6.05. The maximum Gasteiger partial charge on any atom is 0.307 e. The van der Waals surface area contributed by atoms with Crippen LogP contribution in [0.4, 0.5) is 11.4 Å². The van der Waals surface area contributed by atoms with Gasteiger partial charge in [0.05, 0.1) is 22.2 Å².